The predicted octanol–water partition coefficient (Wildman–Crippen LogP) is 2.86. The van der Waals surface area contributed by atoms with Gasteiger partial charge in [-0.3, -0.25) is 0 Å². The van der Waals surface area contributed by atoms with E-state index in [-0.39, 0.29) is 6.61 Å². The minimum Gasteiger partial charge on any atom is -0.477 e. The lowest BCUT2D eigenvalue weighted by Crippen LogP contribution is -1.98. The molecule has 2 rings (SSSR count). The standard InChI is InChI=1S/C13H13N3OS/c1-2-13-16-11(8-18-13)9-3-4-12(10(15)7-9)17-6-5-14/h3-4,7-8H,2,6,15H2,1H3. The highest BCUT2D eigenvalue weighted by Gasteiger charge is 2.07. The van der Waals surface area contributed by atoms with Crippen LogP contribution in [0.15, 0.2) is 23.6 Å². The van der Waals surface area contributed by atoms with Crippen molar-refractivity contribution in [2.24, 2.45) is 0 Å². The van der Waals surface area contributed by atoms with E-state index in [1.807, 2.05) is 23.6 Å². The van der Waals surface area contributed by atoms with Crippen molar-refractivity contribution in [3.8, 4) is 23.1 Å². The van der Waals surface area contributed by atoms with Crippen LogP contribution in [0.3, 0.4) is 0 Å². The Kier molecular flexibility index (Phi) is 3.80. The predicted molar refractivity (Wildman–Crippen MR) is 72.4 cm³/mol. The molecular formula is C13H13N3OS. The van der Waals surface area contributed by atoms with Gasteiger partial charge in [0.25, 0.3) is 0 Å². The van der Waals surface area contributed by atoms with Crippen LogP contribution in [0, 0.1) is 11.3 Å². The van der Waals surface area contributed by atoms with Crippen molar-refractivity contribution in [1.29, 1.82) is 5.26 Å². The summed E-state index contributed by atoms with van der Waals surface area (Å²) in [5, 5.41) is 11.6. The first-order chi connectivity index (χ1) is 8.74. The Labute approximate surface area is 110 Å². The largest absolute Gasteiger partial charge is 0.477 e. The van der Waals surface area contributed by atoms with Crippen LogP contribution in [0.4, 0.5) is 5.69 Å². The molecule has 0 aliphatic heterocycles. The normalized spacial score (nSPS) is 10.0. The molecule has 1 heterocycles. The monoisotopic (exact) mass is 259 g/mol. The summed E-state index contributed by atoms with van der Waals surface area (Å²) in [4.78, 5) is 4.50. The van der Waals surface area contributed by atoms with Crippen molar-refractivity contribution in [3.63, 3.8) is 0 Å². The topological polar surface area (TPSA) is 71.9 Å². The summed E-state index contributed by atoms with van der Waals surface area (Å²) < 4.78 is 5.20. The fraction of sp³-hybridized carbons (Fsp3) is 0.231. The number of nitrogen functional groups attached to an aromatic ring is 1. The molecule has 92 valence electrons. The molecule has 0 atom stereocenters. The van der Waals surface area contributed by atoms with Gasteiger partial charge in [-0.15, -0.1) is 11.3 Å². The Bertz CT molecular complexity index is 586. The molecule has 0 saturated carbocycles. The second kappa shape index (κ2) is 5.52. The molecule has 0 aliphatic carbocycles. The SMILES string of the molecule is CCc1nc(-c2ccc(OCC#N)c(N)c2)cs1. The molecule has 1 aromatic heterocycles. The summed E-state index contributed by atoms with van der Waals surface area (Å²) in [5.74, 6) is 0.534. The van der Waals surface area contributed by atoms with Gasteiger partial charge in [-0.25, -0.2) is 4.98 Å². The maximum atomic E-state index is 8.46. The second-order valence-corrected chi connectivity index (χ2v) is 4.62. The smallest absolute Gasteiger partial charge is 0.174 e. The summed E-state index contributed by atoms with van der Waals surface area (Å²) in [6.07, 6.45) is 0.934. The van der Waals surface area contributed by atoms with Crippen molar-refractivity contribution >= 4 is 17.0 Å². The molecular weight excluding hydrogens is 246 g/mol. The van der Waals surface area contributed by atoms with Crippen LogP contribution in [-0.2, 0) is 6.42 Å². The first-order valence-electron chi connectivity index (χ1n) is 5.58. The number of rotatable bonds is 4. The zero-order chi connectivity index (χ0) is 13.0. The average Bonchev–Trinajstić information content (AvgIpc) is 2.86. The molecule has 1 aromatic carbocycles. The third-order valence-electron chi connectivity index (χ3n) is 2.45. The Hall–Kier alpha value is -2.06. The van der Waals surface area contributed by atoms with Crippen molar-refractivity contribution < 1.29 is 4.74 Å². The number of aromatic nitrogens is 1. The van der Waals surface area contributed by atoms with Crippen LogP contribution in [0.25, 0.3) is 11.3 Å². The van der Waals surface area contributed by atoms with Crippen molar-refractivity contribution in [2.45, 2.75) is 13.3 Å². The Morgan fingerprint density at radius 2 is 2.33 bits per heavy atom. The fourth-order valence-electron chi connectivity index (χ4n) is 1.56. The summed E-state index contributed by atoms with van der Waals surface area (Å²) in [6.45, 7) is 2.08. The maximum Gasteiger partial charge on any atom is 0.174 e. The van der Waals surface area contributed by atoms with Crippen LogP contribution < -0.4 is 10.5 Å². The second-order valence-electron chi connectivity index (χ2n) is 3.68. The lowest BCUT2D eigenvalue weighted by Gasteiger charge is -2.06. The van der Waals surface area contributed by atoms with Crippen molar-refractivity contribution in [1.82, 2.24) is 4.98 Å². The van der Waals surface area contributed by atoms with Crippen molar-refractivity contribution in [2.75, 3.05) is 12.3 Å². The fourth-order valence-corrected chi connectivity index (χ4v) is 2.31. The summed E-state index contributed by atoms with van der Waals surface area (Å²) in [5.41, 5.74) is 8.29. The van der Waals surface area contributed by atoms with E-state index in [0.29, 0.717) is 11.4 Å². The van der Waals surface area contributed by atoms with E-state index < -0.39 is 0 Å². The van der Waals surface area contributed by atoms with Crippen molar-refractivity contribution in [3.05, 3.63) is 28.6 Å². The highest BCUT2D eigenvalue weighted by molar-refractivity contribution is 7.09. The van der Waals surface area contributed by atoms with Gasteiger partial charge >= 0.3 is 0 Å². The van der Waals surface area contributed by atoms with Crippen LogP contribution in [0.1, 0.15) is 11.9 Å². The molecule has 0 radical (unpaired) electrons. The summed E-state index contributed by atoms with van der Waals surface area (Å²) in [6, 6.07) is 7.40. The number of nitrogens with two attached hydrogens (primary N) is 1. The van der Waals surface area contributed by atoms with Crippen LogP contribution in [-0.4, -0.2) is 11.6 Å². The minimum absolute atomic E-state index is 0.000229. The third-order valence-corrected chi connectivity index (χ3v) is 3.45. The zero-order valence-electron chi connectivity index (χ0n) is 10.0. The average molecular weight is 259 g/mol. The molecule has 0 saturated heterocycles. The molecule has 0 bridgehead atoms. The molecule has 2 aromatic rings. The number of hydrogen-bond acceptors (Lipinski definition) is 5. The Morgan fingerprint density at radius 3 is 2.94 bits per heavy atom. The van der Waals surface area contributed by atoms with Gasteiger partial charge in [-0.1, -0.05) is 6.92 Å². The molecule has 4 nitrogen and oxygen atoms in total. The number of thiazole rings is 1. The number of nitrogens with zero attached hydrogens (tertiary/aromatic N) is 2. The molecule has 18 heavy (non-hydrogen) atoms. The molecule has 0 amide bonds. The zero-order valence-corrected chi connectivity index (χ0v) is 10.8. The summed E-state index contributed by atoms with van der Waals surface area (Å²) >= 11 is 1.64. The van der Waals surface area contributed by atoms with Gasteiger partial charge in [0.15, 0.2) is 6.61 Å². The number of hydrogen-bond donors (Lipinski definition) is 1. The highest BCUT2D eigenvalue weighted by atomic mass is 32.1. The number of benzene rings is 1. The highest BCUT2D eigenvalue weighted by Crippen LogP contribution is 2.29. The van der Waals surface area contributed by atoms with E-state index >= 15 is 0 Å². The Balaban J connectivity index is 2.25. The molecule has 0 spiro atoms. The van der Waals surface area contributed by atoms with Crippen LogP contribution in [0.2, 0.25) is 0 Å². The van der Waals surface area contributed by atoms with Crippen LogP contribution in [0.5, 0.6) is 5.75 Å². The molecule has 0 unspecified atom stereocenters. The summed E-state index contributed by atoms with van der Waals surface area (Å²) in [7, 11) is 0. The van der Waals surface area contributed by atoms with Gasteiger partial charge in [-0.05, 0) is 24.6 Å². The molecule has 5 heteroatoms. The van der Waals surface area contributed by atoms with E-state index in [1.54, 1.807) is 17.4 Å². The van der Waals surface area contributed by atoms with E-state index in [9.17, 15) is 0 Å². The van der Waals surface area contributed by atoms with Gasteiger partial charge in [0, 0.05) is 10.9 Å². The number of anilines is 1. The Morgan fingerprint density at radius 1 is 1.50 bits per heavy atom. The van der Waals surface area contributed by atoms with E-state index in [4.69, 9.17) is 15.7 Å². The lowest BCUT2D eigenvalue weighted by atomic mass is 10.1. The molecule has 2 N–H and O–H groups in total. The van der Waals surface area contributed by atoms with E-state index in [0.717, 1.165) is 22.7 Å². The van der Waals surface area contributed by atoms with Gasteiger partial charge in [0.2, 0.25) is 0 Å². The van der Waals surface area contributed by atoms with Gasteiger partial charge in [0.1, 0.15) is 11.8 Å². The minimum atomic E-state index is 0.000229. The maximum absolute atomic E-state index is 8.46. The van der Waals surface area contributed by atoms with Gasteiger partial charge < -0.3 is 10.5 Å². The first kappa shape index (κ1) is 12.4. The van der Waals surface area contributed by atoms with Gasteiger partial charge in [0.05, 0.1) is 16.4 Å². The van der Waals surface area contributed by atoms with Crippen LogP contribution >= 0.6 is 11.3 Å². The quantitative estimate of drug-likeness (QED) is 0.857. The molecule has 0 aliphatic rings. The lowest BCUT2D eigenvalue weighted by molar-refractivity contribution is 0.370. The number of ether oxygens (including phenoxy) is 1. The first-order valence-corrected chi connectivity index (χ1v) is 6.46. The molecule has 0 fully saturated rings. The van der Waals surface area contributed by atoms with E-state index in [2.05, 4.69) is 11.9 Å². The van der Waals surface area contributed by atoms with E-state index in [1.165, 1.54) is 0 Å². The van der Waals surface area contributed by atoms with Gasteiger partial charge in [-0.2, -0.15) is 5.26 Å². The number of nitriles is 1. The third kappa shape index (κ3) is 2.60. The number of aryl methyl sites for hydroxylation is 1.